The van der Waals surface area contributed by atoms with Gasteiger partial charge < -0.3 is 10.6 Å². The van der Waals surface area contributed by atoms with Gasteiger partial charge in [-0.2, -0.15) is 0 Å². The second-order valence-corrected chi connectivity index (χ2v) is 5.07. The molecular weight excluding hydrogens is 250 g/mol. The normalized spacial score (nSPS) is 10.6. The van der Waals surface area contributed by atoms with Crippen LogP contribution in [-0.4, -0.2) is 21.5 Å². The highest BCUT2D eigenvalue weighted by Gasteiger charge is 2.00. The van der Waals surface area contributed by atoms with Crippen molar-refractivity contribution >= 4 is 11.6 Å². The van der Waals surface area contributed by atoms with Crippen LogP contribution >= 0.6 is 0 Å². The first kappa shape index (κ1) is 14.2. The van der Waals surface area contributed by atoms with Gasteiger partial charge in [-0.15, -0.1) is 0 Å². The lowest BCUT2D eigenvalue weighted by Crippen LogP contribution is -2.08. The fraction of sp³-hybridized carbons (Fsp3) is 0.400. The SMILES string of the molecule is CC(C)CCNc1cc(NCc2ccccn2)ncn1. The molecule has 0 aliphatic rings. The molecule has 0 spiro atoms. The summed E-state index contributed by atoms with van der Waals surface area (Å²) in [7, 11) is 0. The van der Waals surface area contributed by atoms with Crippen LogP contribution in [0.15, 0.2) is 36.8 Å². The van der Waals surface area contributed by atoms with E-state index in [4.69, 9.17) is 0 Å². The van der Waals surface area contributed by atoms with Crippen molar-refractivity contribution in [2.45, 2.75) is 26.8 Å². The Morgan fingerprint density at radius 2 is 1.85 bits per heavy atom. The van der Waals surface area contributed by atoms with Crippen LogP contribution < -0.4 is 10.6 Å². The molecule has 0 atom stereocenters. The maximum Gasteiger partial charge on any atom is 0.131 e. The third-order valence-corrected chi connectivity index (χ3v) is 2.87. The summed E-state index contributed by atoms with van der Waals surface area (Å²) in [5, 5.41) is 6.55. The van der Waals surface area contributed by atoms with E-state index < -0.39 is 0 Å². The van der Waals surface area contributed by atoms with Crippen molar-refractivity contribution in [2.75, 3.05) is 17.2 Å². The molecule has 2 aromatic rings. The molecule has 0 saturated heterocycles. The quantitative estimate of drug-likeness (QED) is 0.810. The summed E-state index contributed by atoms with van der Waals surface area (Å²) in [5.41, 5.74) is 0.987. The average Bonchev–Trinajstić information content (AvgIpc) is 2.46. The number of nitrogens with one attached hydrogen (secondary N) is 2. The molecule has 2 heterocycles. The summed E-state index contributed by atoms with van der Waals surface area (Å²) in [5.74, 6) is 2.34. The molecule has 20 heavy (non-hydrogen) atoms. The molecular formula is C15H21N5. The minimum absolute atomic E-state index is 0.656. The zero-order valence-electron chi connectivity index (χ0n) is 12.0. The maximum absolute atomic E-state index is 4.26. The van der Waals surface area contributed by atoms with Crippen LogP contribution in [-0.2, 0) is 6.54 Å². The predicted molar refractivity (Wildman–Crippen MR) is 81.5 cm³/mol. The minimum Gasteiger partial charge on any atom is -0.370 e. The number of anilines is 2. The summed E-state index contributed by atoms with van der Waals surface area (Å²) >= 11 is 0. The standard InChI is InChI=1S/C15H21N5/c1-12(2)6-8-17-14-9-15(20-11-19-14)18-10-13-5-3-4-7-16-13/h3-5,7,9,11-12H,6,8,10H2,1-2H3,(H2,17,18,19,20). The molecule has 0 aromatic carbocycles. The van der Waals surface area contributed by atoms with Crippen molar-refractivity contribution < 1.29 is 0 Å². The molecule has 0 radical (unpaired) electrons. The van der Waals surface area contributed by atoms with Crippen LogP contribution in [0, 0.1) is 5.92 Å². The summed E-state index contributed by atoms with van der Waals surface area (Å²) < 4.78 is 0. The molecule has 2 rings (SSSR count). The summed E-state index contributed by atoms with van der Waals surface area (Å²) in [6, 6.07) is 7.78. The van der Waals surface area contributed by atoms with Gasteiger partial charge in [-0.05, 0) is 24.5 Å². The van der Waals surface area contributed by atoms with Crippen molar-refractivity contribution in [3.8, 4) is 0 Å². The highest BCUT2D eigenvalue weighted by Crippen LogP contribution is 2.10. The molecule has 5 heteroatoms. The van der Waals surface area contributed by atoms with Crippen molar-refractivity contribution in [3.05, 3.63) is 42.5 Å². The lowest BCUT2D eigenvalue weighted by molar-refractivity contribution is 0.606. The van der Waals surface area contributed by atoms with E-state index in [1.54, 1.807) is 12.5 Å². The molecule has 0 aliphatic carbocycles. The highest BCUT2D eigenvalue weighted by atomic mass is 15.1. The van der Waals surface area contributed by atoms with Crippen LogP contribution in [0.4, 0.5) is 11.6 Å². The van der Waals surface area contributed by atoms with Crippen LogP contribution in [0.25, 0.3) is 0 Å². The molecule has 2 aromatic heterocycles. The van der Waals surface area contributed by atoms with E-state index in [1.807, 2.05) is 24.3 Å². The van der Waals surface area contributed by atoms with Gasteiger partial charge in [0.05, 0.1) is 12.2 Å². The fourth-order valence-electron chi connectivity index (χ4n) is 1.72. The first-order chi connectivity index (χ1) is 9.74. The Balaban J connectivity index is 1.86. The van der Waals surface area contributed by atoms with Gasteiger partial charge in [0.25, 0.3) is 0 Å². The Kier molecular flexibility index (Phi) is 5.29. The largest absolute Gasteiger partial charge is 0.370 e. The molecule has 2 N–H and O–H groups in total. The molecule has 0 unspecified atom stereocenters. The fourth-order valence-corrected chi connectivity index (χ4v) is 1.72. The van der Waals surface area contributed by atoms with Crippen molar-refractivity contribution in [1.29, 1.82) is 0 Å². The number of rotatable bonds is 7. The van der Waals surface area contributed by atoms with E-state index in [-0.39, 0.29) is 0 Å². The average molecular weight is 271 g/mol. The summed E-state index contributed by atoms with van der Waals surface area (Å²) in [4.78, 5) is 12.7. The van der Waals surface area contributed by atoms with E-state index in [9.17, 15) is 0 Å². The van der Waals surface area contributed by atoms with E-state index >= 15 is 0 Å². The molecule has 0 saturated carbocycles. The van der Waals surface area contributed by atoms with E-state index in [0.29, 0.717) is 12.5 Å². The van der Waals surface area contributed by atoms with Gasteiger partial charge in [0.2, 0.25) is 0 Å². The molecule has 106 valence electrons. The number of hydrogen-bond donors (Lipinski definition) is 2. The van der Waals surface area contributed by atoms with Crippen molar-refractivity contribution in [2.24, 2.45) is 5.92 Å². The van der Waals surface area contributed by atoms with Gasteiger partial charge >= 0.3 is 0 Å². The van der Waals surface area contributed by atoms with E-state index in [0.717, 1.165) is 30.3 Å². The van der Waals surface area contributed by atoms with Gasteiger partial charge in [0, 0.05) is 18.8 Å². The topological polar surface area (TPSA) is 62.7 Å². The van der Waals surface area contributed by atoms with Gasteiger partial charge in [-0.3, -0.25) is 4.98 Å². The Morgan fingerprint density at radius 3 is 2.55 bits per heavy atom. The van der Waals surface area contributed by atoms with Crippen LogP contribution in [0.1, 0.15) is 26.0 Å². The zero-order chi connectivity index (χ0) is 14.2. The van der Waals surface area contributed by atoms with Gasteiger partial charge in [-0.1, -0.05) is 19.9 Å². The van der Waals surface area contributed by atoms with Gasteiger partial charge in [0.15, 0.2) is 0 Å². The third kappa shape index (κ3) is 4.84. The number of hydrogen-bond acceptors (Lipinski definition) is 5. The minimum atomic E-state index is 0.656. The second kappa shape index (κ2) is 7.43. The zero-order valence-corrected chi connectivity index (χ0v) is 12.0. The molecule has 0 bridgehead atoms. The smallest absolute Gasteiger partial charge is 0.131 e. The molecule has 0 fully saturated rings. The van der Waals surface area contributed by atoms with Crippen LogP contribution in [0.5, 0.6) is 0 Å². The first-order valence-electron chi connectivity index (χ1n) is 6.94. The Bertz CT molecular complexity index is 513. The van der Waals surface area contributed by atoms with E-state index in [2.05, 4.69) is 39.4 Å². The Hall–Kier alpha value is -2.17. The molecule has 5 nitrogen and oxygen atoms in total. The predicted octanol–water partition coefficient (Wildman–Crippen LogP) is 2.94. The van der Waals surface area contributed by atoms with Gasteiger partial charge in [0.1, 0.15) is 18.0 Å². The van der Waals surface area contributed by atoms with Crippen molar-refractivity contribution in [1.82, 2.24) is 15.0 Å². The molecule has 0 aliphatic heterocycles. The van der Waals surface area contributed by atoms with Crippen LogP contribution in [0.2, 0.25) is 0 Å². The Morgan fingerprint density at radius 1 is 1.05 bits per heavy atom. The lowest BCUT2D eigenvalue weighted by Gasteiger charge is -2.09. The first-order valence-corrected chi connectivity index (χ1v) is 6.94. The highest BCUT2D eigenvalue weighted by molar-refractivity contribution is 5.46. The van der Waals surface area contributed by atoms with Crippen LogP contribution in [0.3, 0.4) is 0 Å². The van der Waals surface area contributed by atoms with Gasteiger partial charge in [-0.25, -0.2) is 9.97 Å². The van der Waals surface area contributed by atoms with E-state index in [1.165, 1.54) is 0 Å². The Labute approximate surface area is 119 Å². The number of aromatic nitrogens is 3. The number of nitrogens with zero attached hydrogens (tertiary/aromatic N) is 3. The monoisotopic (exact) mass is 271 g/mol. The third-order valence-electron chi connectivity index (χ3n) is 2.87. The second-order valence-electron chi connectivity index (χ2n) is 5.07. The molecule has 0 amide bonds. The maximum atomic E-state index is 4.26. The lowest BCUT2D eigenvalue weighted by atomic mass is 10.1. The summed E-state index contributed by atoms with van der Waals surface area (Å²) in [6.45, 7) is 6.00. The number of pyridine rings is 1. The summed E-state index contributed by atoms with van der Waals surface area (Å²) in [6.07, 6.45) is 4.48. The van der Waals surface area contributed by atoms with Crippen molar-refractivity contribution in [3.63, 3.8) is 0 Å².